The monoisotopic (exact) mass is 337 g/mol. The highest BCUT2D eigenvalue weighted by molar-refractivity contribution is 5.98. The number of amides is 1. The van der Waals surface area contributed by atoms with Crippen LogP contribution in [0.5, 0.6) is 0 Å². The summed E-state index contributed by atoms with van der Waals surface area (Å²) in [5.74, 6) is -0.898. The van der Waals surface area contributed by atoms with Crippen LogP contribution in [-0.2, 0) is 16.6 Å². The molecule has 1 atom stereocenters. The van der Waals surface area contributed by atoms with Crippen molar-refractivity contribution in [3.63, 3.8) is 0 Å². The summed E-state index contributed by atoms with van der Waals surface area (Å²) in [4.78, 5) is 12.5. The van der Waals surface area contributed by atoms with Crippen molar-refractivity contribution in [3.05, 3.63) is 65.2 Å². The molecule has 1 amide bonds. The van der Waals surface area contributed by atoms with E-state index >= 15 is 0 Å². The molecule has 0 aliphatic rings. The molecule has 6 heteroatoms. The number of halogens is 3. The highest BCUT2D eigenvalue weighted by Gasteiger charge is 2.38. The second-order valence-electron chi connectivity index (χ2n) is 5.58. The number of hydrogen-bond acceptors (Lipinski definition) is 2. The van der Waals surface area contributed by atoms with E-state index in [1.807, 2.05) is 6.92 Å². The van der Waals surface area contributed by atoms with Gasteiger partial charge in [0.15, 0.2) is 5.60 Å². The van der Waals surface area contributed by atoms with Gasteiger partial charge in [0, 0.05) is 0 Å². The molecule has 0 aromatic heterocycles. The van der Waals surface area contributed by atoms with E-state index in [-0.39, 0.29) is 12.1 Å². The van der Waals surface area contributed by atoms with Crippen molar-refractivity contribution in [1.29, 1.82) is 0 Å². The zero-order chi connectivity index (χ0) is 18.0. The molecule has 3 nitrogen and oxygen atoms in total. The molecular formula is C18H18F3NO2. The fraction of sp³-hybridized carbons (Fsp3) is 0.278. The predicted octanol–water partition coefficient (Wildman–Crippen LogP) is 4.25. The lowest BCUT2D eigenvalue weighted by Crippen LogP contribution is -2.40. The van der Waals surface area contributed by atoms with Crippen molar-refractivity contribution in [2.24, 2.45) is 0 Å². The second kappa shape index (κ2) is 6.65. The smallest absolute Gasteiger partial charge is 0.375 e. The van der Waals surface area contributed by atoms with Crippen molar-refractivity contribution in [3.8, 4) is 0 Å². The SMILES string of the molecule is CC[C@@](O)(C(=O)Nc1ccccc1C(F)(F)F)c1ccc(C)cc1. The van der Waals surface area contributed by atoms with E-state index in [1.54, 1.807) is 31.2 Å². The summed E-state index contributed by atoms with van der Waals surface area (Å²) in [5.41, 5.74) is -1.97. The van der Waals surface area contributed by atoms with Crippen molar-refractivity contribution in [2.75, 3.05) is 5.32 Å². The second-order valence-corrected chi connectivity index (χ2v) is 5.58. The normalized spacial score (nSPS) is 14.1. The van der Waals surface area contributed by atoms with Crippen molar-refractivity contribution in [1.82, 2.24) is 0 Å². The minimum atomic E-state index is -4.60. The Morgan fingerprint density at radius 3 is 2.21 bits per heavy atom. The van der Waals surface area contributed by atoms with Gasteiger partial charge in [-0.3, -0.25) is 4.79 Å². The molecule has 0 heterocycles. The van der Waals surface area contributed by atoms with Gasteiger partial charge >= 0.3 is 6.18 Å². The van der Waals surface area contributed by atoms with Gasteiger partial charge in [-0.1, -0.05) is 48.9 Å². The zero-order valence-electron chi connectivity index (χ0n) is 13.3. The number of hydrogen-bond donors (Lipinski definition) is 2. The number of carbonyl (C=O) groups excluding carboxylic acids is 1. The third-order valence-electron chi connectivity index (χ3n) is 3.90. The summed E-state index contributed by atoms with van der Waals surface area (Å²) in [6.45, 7) is 3.45. The molecule has 2 N–H and O–H groups in total. The average molecular weight is 337 g/mol. The van der Waals surface area contributed by atoms with E-state index in [0.29, 0.717) is 5.56 Å². The Morgan fingerprint density at radius 2 is 1.67 bits per heavy atom. The van der Waals surface area contributed by atoms with E-state index in [1.165, 1.54) is 12.1 Å². The lowest BCUT2D eigenvalue weighted by atomic mass is 9.89. The number of benzene rings is 2. The Kier molecular flexibility index (Phi) is 4.99. The zero-order valence-corrected chi connectivity index (χ0v) is 13.3. The van der Waals surface area contributed by atoms with Crippen LogP contribution >= 0.6 is 0 Å². The van der Waals surface area contributed by atoms with Gasteiger partial charge in [0.05, 0.1) is 11.3 Å². The first-order chi connectivity index (χ1) is 11.2. The first kappa shape index (κ1) is 18.0. The largest absolute Gasteiger partial charge is 0.418 e. The molecule has 2 rings (SSSR count). The average Bonchev–Trinajstić information content (AvgIpc) is 2.54. The van der Waals surface area contributed by atoms with Gasteiger partial charge in [0.25, 0.3) is 5.91 Å². The Morgan fingerprint density at radius 1 is 1.08 bits per heavy atom. The molecule has 128 valence electrons. The van der Waals surface area contributed by atoms with E-state index in [9.17, 15) is 23.1 Å². The number of anilines is 1. The molecule has 0 fully saturated rings. The Hall–Kier alpha value is -2.34. The van der Waals surface area contributed by atoms with Crippen molar-refractivity contribution >= 4 is 11.6 Å². The maximum atomic E-state index is 13.0. The van der Waals surface area contributed by atoms with Crippen molar-refractivity contribution in [2.45, 2.75) is 32.0 Å². The van der Waals surface area contributed by atoms with Gasteiger partial charge in [-0.2, -0.15) is 13.2 Å². The lowest BCUT2D eigenvalue weighted by Gasteiger charge is -2.27. The third-order valence-corrected chi connectivity index (χ3v) is 3.90. The molecule has 0 saturated heterocycles. The molecule has 2 aromatic rings. The Labute approximate surface area is 138 Å². The summed E-state index contributed by atoms with van der Waals surface area (Å²) in [7, 11) is 0. The molecule has 0 radical (unpaired) electrons. The van der Waals surface area contributed by atoms with Crippen LogP contribution in [0.3, 0.4) is 0 Å². The third kappa shape index (κ3) is 3.59. The Balaban J connectivity index is 2.36. The number of aliphatic hydroxyl groups is 1. The standard InChI is InChI=1S/C18H18F3NO2/c1-3-17(24,13-10-8-12(2)9-11-13)16(23)22-15-7-5-4-6-14(15)18(19,20)21/h4-11,24H,3H2,1-2H3,(H,22,23)/t17-/m0/s1. The van der Waals surface area contributed by atoms with Crippen LogP contribution in [0.2, 0.25) is 0 Å². The van der Waals surface area contributed by atoms with Gasteiger partial charge < -0.3 is 10.4 Å². The molecule has 24 heavy (non-hydrogen) atoms. The predicted molar refractivity (Wildman–Crippen MR) is 85.4 cm³/mol. The molecule has 0 saturated carbocycles. The maximum absolute atomic E-state index is 13.0. The molecule has 2 aromatic carbocycles. The lowest BCUT2D eigenvalue weighted by molar-refractivity contribution is -0.137. The van der Waals surface area contributed by atoms with Crippen LogP contribution in [0.25, 0.3) is 0 Å². The summed E-state index contributed by atoms with van der Waals surface area (Å²) >= 11 is 0. The van der Waals surface area contributed by atoms with Crippen LogP contribution in [0.1, 0.15) is 30.0 Å². The summed E-state index contributed by atoms with van der Waals surface area (Å²) < 4.78 is 39.1. The van der Waals surface area contributed by atoms with Crippen molar-refractivity contribution < 1.29 is 23.1 Å². The highest BCUT2D eigenvalue weighted by Crippen LogP contribution is 2.35. The van der Waals surface area contributed by atoms with E-state index in [0.717, 1.165) is 17.7 Å². The highest BCUT2D eigenvalue weighted by atomic mass is 19.4. The topological polar surface area (TPSA) is 49.3 Å². The van der Waals surface area contributed by atoms with Gasteiger partial charge in [-0.25, -0.2) is 0 Å². The maximum Gasteiger partial charge on any atom is 0.418 e. The number of aryl methyl sites for hydroxylation is 1. The molecule has 0 bridgehead atoms. The quantitative estimate of drug-likeness (QED) is 0.876. The number of para-hydroxylation sites is 1. The summed E-state index contributed by atoms with van der Waals surface area (Å²) in [5, 5.41) is 12.9. The molecule has 0 aliphatic heterocycles. The molecular weight excluding hydrogens is 319 g/mol. The molecule has 0 unspecified atom stereocenters. The van der Waals surface area contributed by atoms with Crippen LogP contribution in [0.4, 0.5) is 18.9 Å². The minimum absolute atomic E-state index is 0.0239. The van der Waals surface area contributed by atoms with E-state index < -0.39 is 23.2 Å². The van der Waals surface area contributed by atoms with Crippen LogP contribution in [0.15, 0.2) is 48.5 Å². The number of nitrogens with one attached hydrogen (secondary N) is 1. The minimum Gasteiger partial charge on any atom is -0.375 e. The Bertz CT molecular complexity index is 726. The number of carbonyl (C=O) groups is 1. The summed E-state index contributed by atoms with van der Waals surface area (Å²) in [6, 6.07) is 11.3. The van der Waals surface area contributed by atoms with E-state index in [4.69, 9.17) is 0 Å². The van der Waals surface area contributed by atoms with Gasteiger partial charge in [-0.05, 0) is 31.0 Å². The summed E-state index contributed by atoms with van der Waals surface area (Å²) in [6.07, 6.45) is -4.58. The number of rotatable bonds is 4. The first-order valence-corrected chi connectivity index (χ1v) is 7.45. The molecule has 0 spiro atoms. The number of alkyl halides is 3. The first-order valence-electron chi connectivity index (χ1n) is 7.45. The van der Waals surface area contributed by atoms with Crippen LogP contribution < -0.4 is 5.32 Å². The molecule has 0 aliphatic carbocycles. The van der Waals surface area contributed by atoms with Crippen LogP contribution in [0, 0.1) is 6.92 Å². The van der Waals surface area contributed by atoms with Gasteiger partial charge in [0.2, 0.25) is 0 Å². The van der Waals surface area contributed by atoms with E-state index in [2.05, 4.69) is 5.32 Å². The fourth-order valence-electron chi connectivity index (χ4n) is 2.39. The fourth-order valence-corrected chi connectivity index (χ4v) is 2.39. The van der Waals surface area contributed by atoms with Gasteiger partial charge in [-0.15, -0.1) is 0 Å². The van der Waals surface area contributed by atoms with Crippen LogP contribution in [-0.4, -0.2) is 11.0 Å². The van der Waals surface area contributed by atoms with Gasteiger partial charge in [0.1, 0.15) is 0 Å².